The van der Waals surface area contributed by atoms with Gasteiger partial charge in [-0.15, -0.1) is 0 Å². The normalized spacial score (nSPS) is 15.0. The predicted molar refractivity (Wildman–Crippen MR) is 175 cm³/mol. The van der Waals surface area contributed by atoms with Gasteiger partial charge in [0.25, 0.3) is 5.91 Å². The lowest BCUT2D eigenvalue weighted by Crippen LogP contribution is -2.51. The second-order valence-corrected chi connectivity index (χ2v) is 12.2. The number of aliphatic hydroxyl groups is 1. The monoisotopic (exact) mass is 596 g/mol. The standard InChI is InChI=1S/C36H44N4O4/c1-6-25-23-39(4)34-29(25)19-26(20-31(34)40-17-11-16-33(40)42)35(43)38-30(18-24-12-8-7-9-13-24)32(41)22-37-36(2,3)27-14-10-15-28(21-27)44-5/h7-10,12-15,19-21,23,30,32,37,41H,6,11,16-18,22H2,1-5H3,(H,38,43)/t30-,32+/m0/s1. The molecule has 0 unspecified atom stereocenters. The summed E-state index contributed by atoms with van der Waals surface area (Å²) in [6, 6.07) is 20.9. The van der Waals surface area contributed by atoms with Crippen LogP contribution in [0.1, 0.15) is 60.7 Å². The van der Waals surface area contributed by atoms with Gasteiger partial charge in [0, 0.05) is 49.2 Å². The maximum absolute atomic E-state index is 14.0. The lowest BCUT2D eigenvalue weighted by Gasteiger charge is -2.31. The smallest absolute Gasteiger partial charge is 0.251 e. The maximum Gasteiger partial charge on any atom is 0.251 e. The summed E-state index contributed by atoms with van der Waals surface area (Å²) in [4.78, 5) is 28.6. The van der Waals surface area contributed by atoms with E-state index in [4.69, 9.17) is 4.74 Å². The van der Waals surface area contributed by atoms with Gasteiger partial charge < -0.3 is 29.9 Å². The molecular formula is C36H44N4O4. The van der Waals surface area contributed by atoms with Gasteiger partial charge in [-0.25, -0.2) is 0 Å². The molecule has 1 saturated heterocycles. The Kier molecular flexibility index (Phi) is 9.42. The molecule has 232 valence electrons. The molecule has 2 atom stereocenters. The summed E-state index contributed by atoms with van der Waals surface area (Å²) >= 11 is 0. The van der Waals surface area contributed by atoms with Gasteiger partial charge in [-0.1, -0.05) is 49.4 Å². The number of carbonyl (C=O) groups excluding carboxylic acids is 2. The third-order valence-corrected chi connectivity index (χ3v) is 8.77. The summed E-state index contributed by atoms with van der Waals surface area (Å²) in [5.41, 5.74) is 4.90. The number of hydrogen-bond donors (Lipinski definition) is 3. The van der Waals surface area contributed by atoms with E-state index >= 15 is 0 Å². The van der Waals surface area contributed by atoms with Crippen LogP contribution >= 0.6 is 0 Å². The van der Waals surface area contributed by atoms with Gasteiger partial charge in [0.15, 0.2) is 0 Å². The molecule has 1 aliphatic heterocycles. The average molecular weight is 597 g/mol. The first-order valence-corrected chi connectivity index (χ1v) is 15.5. The summed E-state index contributed by atoms with van der Waals surface area (Å²) in [7, 11) is 3.63. The quantitative estimate of drug-likeness (QED) is 0.212. The molecule has 2 amide bonds. The number of nitrogens with one attached hydrogen (secondary N) is 2. The second-order valence-electron chi connectivity index (χ2n) is 12.2. The number of hydrogen-bond acceptors (Lipinski definition) is 5. The van der Waals surface area contributed by atoms with Crippen molar-refractivity contribution in [2.24, 2.45) is 7.05 Å². The van der Waals surface area contributed by atoms with Crippen molar-refractivity contribution in [2.45, 2.75) is 64.1 Å². The molecule has 1 aromatic heterocycles. The summed E-state index contributed by atoms with van der Waals surface area (Å²) in [6.07, 6.45) is 3.77. The molecule has 3 N–H and O–H groups in total. The SMILES string of the molecule is CCc1cn(C)c2c(N3CCCC3=O)cc(C(=O)N[C@@H](Cc3ccccc3)[C@H](O)CNC(C)(C)c3cccc(OC)c3)cc12. The number of methoxy groups -OCH3 is 1. The number of ether oxygens (including phenoxy) is 1. The van der Waals surface area contributed by atoms with Crippen LogP contribution in [0.15, 0.2) is 72.9 Å². The molecule has 8 heteroatoms. The van der Waals surface area contributed by atoms with Gasteiger partial charge in [-0.3, -0.25) is 9.59 Å². The highest BCUT2D eigenvalue weighted by Crippen LogP contribution is 2.34. The van der Waals surface area contributed by atoms with Crippen molar-refractivity contribution in [1.29, 1.82) is 0 Å². The number of aliphatic hydroxyl groups excluding tert-OH is 1. The molecule has 2 heterocycles. The summed E-state index contributed by atoms with van der Waals surface area (Å²) in [5.74, 6) is 0.562. The Balaban J connectivity index is 1.43. The third-order valence-electron chi connectivity index (χ3n) is 8.77. The van der Waals surface area contributed by atoms with E-state index in [9.17, 15) is 14.7 Å². The van der Waals surface area contributed by atoms with Crippen molar-refractivity contribution in [3.8, 4) is 5.75 Å². The fourth-order valence-corrected chi connectivity index (χ4v) is 6.14. The van der Waals surface area contributed by atoms with Crippen molar-refractivity contribution in [3.63, 3.8) is 0 Å². The Morgan fingerprint density at radius 1 is 1.09 bits per heavy atom. The van der Waals surface area contributed by atoms with Crippen LogP contribution in [0.2, 0.25) is 0 Å². The van der Waals surface area contributed by atoms with Crippen LogP contribution in [0.4, 0.5) is 5.69 Å². The highest BCUT2D eigenvalue weighted by atomic mass is 16.5. The highest BCUT2D eigenvalue weighted by Gasteiger charge is 2.29. The number of rotatable bonds is 12. The Labute approximate surface area is 260 Å². The molecule has 3 aromatic carbocycles. The number of aromatic nitrogens is 1. The Morgan fingerprint density at radius 3 is 2.55 bits per heavy atom. The minimum absolute atomic E-state index is 0.0743. The maximum atomic E-state index is 14.0. The topological polar surface area (TPSA) is 95.8 Å². The number of nitrogens with zero attached hydrogens (tertiary/aromatic N) is 2. The largest absolute Gasteiger partial charge is 0.497 e. The lowest BCUT2D eigenvalue weighted by molar-refractivity contribution is -0.117. The molecule has 1 aliphatic rings. The van der Waals surface area contributed by atoms with Gasteiger partial charge in [-0.2, -0.15) is 0 Å². The molecule has 0 aliphatic carbocycles. The molecule has 8 nitrogen and oxygen atoms in total. The fourth-order valence-electron chi connectivity index (χ4n) is 6.14. The first-order chi connectivity index (χ1) is 21.1. The Hall–Kier alpha value is -4.14. The zero-order valence-corrected chi connectivity index (χ0v) is 26.4. The number of aryl methyl sites for hydroxylation is 2. The van der Waals surface area contributed by atoms with E-state index in [0.717, 1.165) is 51.9 Å². The zero-order chi connectivity index (χ0) is 31.4. The first kappa shape index (κ1) is 31.3. The van der Waals surface area contributed by atoms with Crippen LogP contribution in [-0.4, -0.2) is 53.8 Å². The molecule has 0 radical (unpaired) electrons. The molecule has 4 aromatic rings. The summed E-state index contributed by atoms with van der Waals surface area (Å²) in [5, 5.41) is 19.2. The Bertz CT molecular complexity index is 1630. The summed E-state index contributed by atoms with van der Waals surface area (Å²) < 4.78 is 7.46. The molecule has 0 bridgehead atoms. The van der Waals surface area contributed by atoms with Gasteiger partial charge in [0.05, 0.1) is 30.5 Å². The van der Waals surface area contributed by atoms with E-state index in [2.05, 4.69) is 42.2 Å². The molecule has 44 heavy (non-hydrogen) atoms. The Morgan fingerprint density at radius 2 is 1.86 bits per heavy atom. The number of carbonyl (C=O) groups is 2. The van der Waals surface area contributed by atoms with Gasteiger partial charge in [0.2, 0.25) is 5.91 Å². The number of benzene rings is 3. The van der Waals surface area contributed by atoms with E-state index in [1.165, 1.54) is 0 Å². The average Bonchev–Trinajstić information content (AvgIpc) is 3.61. The molecule has 0 saturated carbocycles. The van der Waals surface area contributed by atoms with Crippen LogP contribution in [-0.2, 0) is 30.2 Å². The van der Waals surface area contributed by atoms with Crippen LogP contribution in [0.5, 0.6) is 5.75 Å². The first-order valence-electron chi connectivity index (χ1n) is 15.5. The molecule has 1 fully saturated rings. The van der Waals surface area contributed by atoms with Crippen molar-refractivity contribution in [3.05, 3.63) is 95.2 Å². The molecule has 0 spiro atoms. The van der Waals surface area contributed by atoms with Gasteiger partial charge in [-0.05, 0) is 74.1 Å². The lowest BCUT2D eigenvalue weighted by atomic mass is 9.93. The van der Waals surface area contributed by atoms with Crippen molar-refractivity contribution < 1.29 is 19.4 Å². The van der Waals surface area contributed by atoms with E-state index in [1.54, 1.807) is 12.0 Å². The number of amides is 2. The van der Waals surface area contributed by atoms with Gasteiger partial charge in [0.1, 0.15) is 5.75 Å². The number of anilines is 1. The van der Waals surface area contributed by atoms with Crippen molar-refractivity contribution in [1.82, 2.24) is 15.2 Å². The minimum Gasteiger partial charge on any atom is -0.497 e. The zero-order valence-electron chi connectivity index (χ0n) is 26.4. The molecular weight excluding hydrogens is 552 g/mol. The fraction of sp³-hybridized carbons (Fsp3) is 0.389. The van der Waals surface area contributed by atoms with E-state index in [-0.39, 0.29) is 18.4 Å². The van der Waals surface area contributed by atoms with Gasteiger partial charge >= 0.3 is 0 Å². The highest BCUT2D eigenvalue weighted by molar-refractivity contribution is 6.08. The third kappa shape index (κ3) is 6.66. The van der Waals surface area contributed by atoms with E-state index in [1.807, 2.05) is 73.8 Å². The second kappa shape index (κ2) is 13.2. The van der Waals surface area contributed by atoms with E-state index < -0.39 is 17.7 Å². The summed E-state index contributed by atoms with van der Waals surface area (Å²) in [6.45, 7) is 7.10. The predicted octanol–water partition coefficient (Wildman–Crippen LogP) is 5.10. The van der Waals surface area contributed by atoms with Crippen LogP contribution in [0.3, 0.4) is 0 Å². The van der Waals surface area contributed by atoms with Crippen LogP contribution < -0.4 is 20.3 Å². The van der Waals surface area contributed by atoms with Crippen molar-refractivity contribution >= 4 is 28.4 Å². The van der Waals surface area contributed by atoms with Crippen LogP contribution in [0, 0.1) is 0 Å². The van der Waals surface area contributed by atoms with E-state index in [0.29, 0.717) is 24.9 Å². The number of fused-ring (bicyclic) bond motifs is 1. The molecule has 5 rings (SSSR count). The minimum atomic E-state index is -0.879. The van der Waals surface area contributed by atoms with Crippen LogP contribution in [0.25, 0.3) is 10.9 Å². The van der Waals surface area contributed by atoms with Crippen molar-refractivity contribution in [2.75, 3.05) is 25.1 Å².